The number of allylic oxidation sites excluding steroid dienone is 1. The Bertz CT molecular complexity index is 643. The van der Waals surface area contributed by atoms with E-state index in [9.17, 15) is 9.90 Å². The molecule has 0 aromatic heterocycles. The van der Waals surface area contributed by atoms with Crippen molar-refractivity contribution >= 4 is 11.9 Å². The summed E-state index contributed by atoms with van der Waals surface area (Å²) >= 11 is 0. The summed E-state index contributed by atoms with van der Waals surface area (Å²) in [5, 5.41) is 10.3. The summed E-state index contributed by atoms with van der Waals surface area (Å²) in [4.78, 5) is 12.4. The number of ether oxygens (including phenoxy) is 1. The predicted octanol–water partition coefficient (Wildman–Crippen LogP) is 3.66. The number of methoxy groups -OCH3 is 1. The van der Waals surface area contributed by atoms with E-state index in [2.05, 4.69) is 0 Å². The van der Waals surface area contributed by atoms with Crippen LogP contribution in [0.1, 0.15) is 28.4 Å². The first-order valence-electron chi connectivity index (χ1n) is 6.31. The van der Waals surface area contributed by atoms with Crippen molar-refractivity contribution in [1.82, 2.24) is 0 Å². The number of hydrogen-bond acceptors (Lipinski definition) is 3. The average molecular weight is 268 g/mol. The molecule has 0 unspecified atom stereocenters. The zero-order valence-corrected chi connectivity index (χ0v) is 11.5. The molecule has 0 heterocycles. The zero-order valence-electron chi connectivity index (χ0n) is 11.5. The molecule has 0 saturated carbocycles. The molecule has 1 N–H and O–H groups in total. The molecular formula is C17H16O3. The van der Waals surface area contributed by atoms with E-state index in [4.69, 9.17) is 4.74 Å². The Hall–Kier alpha value is -2.55. The quantitative estimate of drug-likeness (QED) is 0.861. The van der Waals surface area contributed by atoms with Crippen LogP contribution in [0.15, 0.2) is 48.5 Å². The monoisotopic (exact) mass is 268 g/mol. The van der Waals surface area contributed by atoms with Gasteiger partial charge in [0, 0.05) is 5.56 Å². The number of phenolic OH excluding ortho intramolecular Hbond substituents is 1. The molecule has 2 aromatic carbocycles. The average Bonchev–Trinajstić information content (AvgIpc) is 2.49. The molecule has 3 nitrogen and oxygen atoms in total. The fraction of sp³-hybridized carbons (Fsp3) is 0.118. The van der Waals surface area contributed by atoms with Crippen molar-refractivity contribution < 1.29 is 14.6 Å². The van der Waals surface area contributed by atoms with Gasteiger partial charge in [0.2, 0.25) is 0 Å². The van der Waals surface area contributed by atoms with Gasteiger partial charge in [-0.3, -0.25) is 4.79 Å². The van der Waals surface area contributed by atoms with Gasteiger partial charge in [-0.15, -0.1) is 0 Å². The van der Waals surface area contributed by atoms with Crippen molar-refractivity contribution in [1.29, 1.82) is 0 Å². The van der Waals surface area contributed by atoms with Gasteiger partial charge in [-0.25, -0.2) is 0 Å². The van der Waals surface area contributed by atoms with Crippen molar-refractivity contribution in [3.8, 4) is 11.5 Å². The highest BCUT2D eigenvalue weighted by Gasteiger charge is 2.17. The molecule has 0 fully saturated rings. The van der Waals surface area contributed by atoms with Gasteiger partial charge in [0.05, 0.1) is 18.2 Å². The third-order valence-electron chi connectivity index (χ3n) is 3.01. The molecular weight excluding hydrogens is 252 g/mol. The van der Waals surface area contributed by atoms with E-state index < -0.39 is 0 Å². The van der Waals surface area contributed by atoms with Gasteiger partial charge < -0.3 is 9.84 Å². The first-order chi connectivity index (χ1) is 9.69. The molecule has 20 heavy (non-hydrogen) atoms. The number of ketones is 1. The molecule has 3 heteroatoms. The highest BCUT2D eigenvalue weighted by molar-refractivity contribution is 6.11. The molecule has 0 aliphatic carbocycles. The second kappa shape index (κ2) is 6.06. The van der Waals surface area contributed by atoms with Gasteiger partial charge in [-0.1, -0.05) is 42.5 Å². The number of rotatable bonds is 4. The summed E-state index contributed by atoms with van der Waals surface area (Å²) in [5.74, 6) is 0.262. The molecule has 102 valence electrons. The van der Waals surface area contributed by atoms with Crippen LogP contribution in [-0.4, -0.2) is 18.0 Å². The Morgan fingerprint density at radius 2 is 1.85 bits per heavy atom. The summed E-state index contributed by atoms with van der Waals surface area (Å²) < 4.78 is 5.20. The van der Waals surface area contributed by atoms with E-state index in [0.29, 0.717) is 16.9 Å². The second-order valence-electron chi connectivity index (χ2n) is 4.27. The highest BCUT2D eigenvalue weighted by atomic mass is 16.5. The van der Waals surface area contributed by atoms with Crippen LogP contribution in [0, 0.1) is 0 Å². The molecule has 2 rings (SSSR count). The lowest BCUT2D eigenvalue weighted by molar-refractivity contribution is 0.103. The van der Waals surface area contributed by atoms with Crippen molar-refractivity contribution in [2.24, 2.45) is 0 Å². The Labute approximate surface area is 118 Å². The molecule has 0 spiro atoms. The van der Waals surface area contributed by atoms with Crippen molar-refractivity contribution in [2.75, 3.05) is 7.11 Å². The normalized spacial score (nSPS) is 10.7. The topological polar surface area (TPSA) is 46.5 Å². The van der Waals surface area contributed by atoms with Crippen LogP contribution in [0.5, 0.6) is 11.5 Å². The third-order valence-corrected chi connectivity index (χ3v) is 3.01. The SMILES string of the molecule is C/C=C\c1c(OC)ccc(C(=O)c2ccccc2)c1O. The van der Waals surface area contributed by atoms with E-state index in [1.807, 2.05) is 13.0 Å². The number of carbonyl (C=O) groups is 1. The van der Waals surface area contributed by atoms with E-state index >= 15 is 0 Å². The Morgan fingerprint density at radius 1 is 1.15 bits per heavy atom. The van der Waals surface area contributed by atoms with Gasteiger partial charge in [0.1, 0.15) is 11.5 Å². The maximum absolute atomic E-state index is 12.4. The molecule has 0 amide bonds. The fourth-order valence-corrected chi connectivity index (χ4v) is 2.02. The van der Waals surface area contributed by atoms with Crippen LogP contribution in [0.2, 0.25) is 0 Å². The third kappa shape index (κ3) is 2.57. The number of phenols is 1. The Balaban J connectivity index is 2.53. The van der Waals surface area contributed by atoms with Crippen LogP contribution in [0.3, 0.4) is 0 Å². The highest BCUT2D eigenvalue weighted by Crippen LogP contribution is 2.33. The first-order valence-corrected chi connectivity index (χ1v) is 6.31. The van der Waals surface area contributed by atoms with Gasteiger partial charge in [0.15, 0.2) is 5.78 Å². The number of aromatic hydroxyl groups is 1. The summed E-state index contributed by atoms with van der Waals surface area (Å²) in [6, 6.07) is 12.1. The number of benzene rings is 2. The van der Waals surface area contributed by atoms with Gasteiger partial charge >= 0.3 is 0 Å². The minimum atomic E-state index is -0.212. The van der Waals surface area contributed by atoms with Crippen LogP contribution >= 0.6 is 0 Å². The minimum Gasteiger partial charge on any atom is -0.506 e. The predicted molar refractivity (Wildman–Crippen MR) is 79.2 cm³/mol. The van der Waals surface area contributed by atoms with E-state index in [0.717, 1.165) is 0 Å². The number of hydrogen-bond donors (Lipinski definition) is 1. The Morgan fingerprint density at radius 3 is 2.45 bits per heavy atom. The molecule has 2 aromatic rings. The van der Waals surface area contributed by atoms with E-state index in [1.54, 1.807) is 48.6 Å². The standard InChI is InChI=1S/C17H16O3/c1-3-7-13-15(20-2)11-10-14(17(13)19)16(18)12-8-5-4-6-9-12/h3-11,19H,1-2H3/b7-3-. The summed E-state index contributed by atoms with van der Waals surface area (Å²) in [6.45, 7) is 1.84. The molecule has 0 atom stereocenters. The number of carbonyl (C=O) groups excluding carboxylic acids is 1. The zero-order chi connectivity index (χ0) is 14.5. The molecule has 0 aliphatic heterocycles. The van der Waals surface area contributed by atoms with Crippen molar-refractivity contribution in [3.05, 3.63) is 65.2 Å². The van der Waals surface area contributed by atoms with Crippen molar-refractivity contribution in [2.45, 2.75) is 6.92 Å². The first kappa shape index (κ1) is 13.9. The van der Waals surface area contributed by atoms with Gasteiger partial charge in [-0.2, -0.15) is 0 Å². The maximum Gasteiger partial charge on any atom is 0.196 e. The maximum atomic E-state index is 12.4. The fourth-order valence-electron chi connectivity index (χ4n) is 2.02. The van der Waals surface area contributed by atoms with Crippen molar-refractivity contribution in [3.63, 3.8) is 0 Å². The van der Waals surface area contributed by atoms with Crippen LogP contribution in [0.4, 0.5) is 0 Å². The summed E-state index contributed by atoms with van der Waals surface area (Å²) in [7, 11) is 1.53. The smallest absolute Gasteiger partial charge is 0.196 e. The summed E-state index contributed by atoms with van der Waals surface area (Å²) in [6.07, 6.45) is 3.50. The second-order valence-corrected chi connectivity index (χ2v) is 4.27. The van der Waals surface area contributed by atoms with Gasteiger partial charge in [0.25, 0.3) is 0 Å². The minimum absolute atomic E-state index is 0.0590. The summed E-state index contributed by atoms with van der Waals surface area (Å²) in [5.41, 5.74) is 1.32. The molecule has 0 saturated heterocycles. The van der Waals surface area contributed by atoms with Crippen LogP contribution < -0.4 is 4.74 Å². The molecule has 0 radical (unpaired) electrons. The molecule has 0 bridgehead atoms. The lowest BCUT2D eigenvalue weighted by atomic mass is 9.99. The largest absolute Gasteiger partial charge is 0.506 e. The van der Waals surface area contributed by atoms with E-state index in [1.165, 1.54) is 7.11 Å². The van der Waals surface area contributed by atoms with Crippen LogP contribution in [0.25, 0.3) is 6.08 Å². The van der Waals surface area contributed by atoms with Crippen LogP contribution in [-0.2, 0) is 0 Å². The van der Waals surface area contributed by atoms with Gasteiger partial charge in [-0.05, 0) is 19.1 Å². The molecule has 0 aliphatic rings. The lowest BCUT2D eigenvalue weighted by Gasteiger charge is -2.11. The lowest BCUT2D eigenvalue weighted by Crippen LogP contribution is -2.03. The van der Waals surface area contributed by atoms with E-state index in [-0.39, 0.29) is 17.1 Å². The Kier molecular flexibility index (Phi) is 4.20.